The van der Waals surface area contributed by atoms with Crippen molar-refractivity contribution in [2.24, 2.45) is 10.1 Å². The summed E-state index contributed by atoms with van der Waals surface area (Å²) in [5.74, 6) is 0.226. The number of hydrogen-bond acceptors (Lipinski definition) is 6. The summed E-state index contributed by atoms with van der Waals surface area (Å²) in [6.45, 7) is 10.4. The molecule has 2 rings (SSSR count). The smallest absolute Gasteiger partial charge is 0.415 e. The van der Waals surface area contributed by atoms with Crippen LogP contribution in [0.3, 0.4) is 0 Å². The van der Waals surface area contributed by atoms with Gasteiger partial charge in [0.1, 0.15) is 16.6 Å². The van der Waals surface area contributed by atoms with Crippen LogP contribution in [0.1, 0.15) is 40.5 Å². The van der Waals surface area contributed by atoms with E-state index in [1.807, 2.05) is 0 Å². The van der Waals surface area contributed by atoms with Crippen molar-refractivity contribution in [2.75, 3.05) is 7.05 Å². The third kappa shape index (κ3) is 4.85. The Bertz CT molecular complexity index is 716. The van der Waals surface area contributed by atoms with Gasteiger partial charge in [-0.3, -0.25) is 9.69 Å². The number of aliphatic imine (C=N–C) groups is 1. The third-order valence-corrected chi connectivity index (χ3v) is 3.81. The number of amides is 2. The van der Waals surface area contributed by atoms with Gasteiger partial charge >= 0.3 is 6.09 Å². The summed E-state index contributed by atoms with van der Waals surface area (Å²) < 4.78 is 5.36. The van der Waals surface area contributed by atoms with Crippen LogP contribution in [0, 0.1) is 0 Å². The lowest BCUT2D eigenvalue weighted by Crippen LogP contribution is -2.40. The molecule has 0 atom stereocenters. The van der Waals surface area contributed by atoms with Crippen molar-refractivity contribution in [1.29, 1.82) is 0 Å². The van der Waals surface area contributed by atoms with Gasteiger partial charge in [-0.15, -0.1) is 0 Å². The van der Waals surface area contributed by atoms with Crippen LogP contribution in [-0.4, -0.2) is 52.5 Å². The Morgan fingerprint density at radius 2 is 2.08 bits per heavy atom. The first kappa shape index (κ1) is 20.0. The number of halogens is 1. The van der Waals surface area contributed by atoms with Crippen molar-refractivity contribution in [3.8, 4) is 0 Å². The summed E-state index contributed by atoms with van der Waals surface area (Å²) in [6.07, 6.45) is 2.79. The zero-order valence-corrected chi connectivity index (χ0v) is 16.4. The third-order valence-electron chi connectivity index (χ3n) is 3.62. The normalized spacial score (nSPS) is 19.2. The number of carbonyl (C=O) groups excluding carboxylic acids is 2. The molecule has 0 aromatic heterocycles. The van der Waals surface area contributed by atoms with E-state index in [9.17, 15) is 9.59 Å². The van der Waals surface area contributed by atoms with Crippen molar-refractivity contribution in [1.82, 2.24) is 15.2 Å². The minimum atomic E-state index is -0.663. The molecule has 0 bridgehead atoms. The van der Waals surface area contributed by atoms with Crippen LogP contribution < -0.4 is 5.32 Å². The fraction of sp³-hybridized carbons (Fsp3) is 0.529. The van der Waals surface area contributed by atoms with Crippen LogP contribution in [0.5, 0.6) is 0 Å². The lowest BCUT2D eigenvalue weighted by Gasteiger charge is -2.32. The molecule has 0 saturated heterocycles. The highest BCUT2D eigenvalue weighted by Gasteiger charge is 2.31. The largest absolute Gasteiger partial charge is 0.443 e. The highest BCUT2D eigenvalue weighted by Crippen LogP contribution is 2.28. The predicted molar refractivity (Wildman–Crippen MR) is 101 cm³/mol. The van der Waals surface area contributed by atoms with Crippen molar-refractivity contribution in [3.05, 3.63) is 23.3 Å². The zero-order chi connectivity index (χ0) is 19.6. The predicted octanol–water partition coefficient (Wildman–Crippen LogP) is 2.77. The molecule has 142 valence electrons. The van der Waals surface area contributed by atoms with E-state index in [2.05, 4.69) is 22.1 Å². The molecule has 1 fully saturated rings. The molecule has 2 amide bonds. The molecule has 0 spiro atoms. The molecule has 0 radical (unpaired) electrons. The van der Waals surface area contributed by atoms with E-state index in [-0.39, 0.29) is 28.8 Å². The molecular formula is C17H24ClN5O3. The van der Waals surface area contributed by atoms with Crippen molar-refractivity contribution in [3.63, 3.8) is 0 Å². The lowest BCUT2D eigenvalue weighted by molar-refractivity contribution is -0.117. The van der Waals surface area contributed by atoms with Crippen molar-refractivity contribution >= 4 is 35.5 Å². The minimum Gasteiger partial charge on any atom is -0.443 e. The number of hydrazone groups is 1. The van der Waals surface area contributed by atoms with Crippen molar-refractivity contribution < 1.29 is 14.3 Å². The lowest BCUT2D eigenvalue weighted by atomic mass is 10.2. The molecule has 8 nitrogen and oxygen atoms in total. The first-order chi connectivity index (χ1) is 12.0. The monoisotopic (exact) mass is 381 g/mol. The van der Waals surface area contributed by atoms with Gasteiger partial charge in [-0.05, 0) is 40.5 Å². The summed E-state index contributed by atoms with van der Waals surface area (Å²) in [5, 5.41) is 8.19. The maximum atomic E-state index is 12.4. The minimum absolute atomic E-state index is 0.115. The molecule has 1 heterocycles. The van der Waals surface area contributed by atoms with E-state index in [0.717, 1.165) is 12.8 Å². The summed E-state index contributed by atoms with van der Waals surface area (Å²) in [6, 6.07) is 0.200. The second-order valence-electron chi connectivity index (χ2n) is 7.13. The average molecular weight is 382 g/mol. The van der Waals surface area contributed by atoms with E-state index in [4.69, 9.17) is 16.3 Å². The first-order valence-corrected chi connectivity index (χ1v) is 8.62. The molecule has 1 aliphatic carbocycles. The van der Waals surface area contributed by atoms with E-state index in [0.29, 0.717) is 5.57 Å². The molecule has 26 heavy (non-hydrogen) atoms. The highest BCUT2D eigenvalue weighted by atomic mass is 35.5. The van der Waals surface area contributed by atoms with Crippen LogP contribution in [0.25, 0.3) is 0 Å². The van der Waals surface area contributed by atoms with Gasteiger partial charge in [-0.2, -0.15) is 10.1 Å². The number of carbonyl (C=O) groups is 2. The van der Waals surface area contributed by atoms with Crippen LogP contribution >= 0.6 is 11.6 Å². The maximum absolute atomic E-state index is 12.4. The summed E-state index contributed by atoms with van der Waals surface area (Å²) in [5.41, 5.74) is -0.338. The number of nitrogens with one attached hydrogen (secondary N) is 1. The molecule has 1 N–H and O–H groups in total. The zero-order valence-electron chi connectivity index (χ0n) is 15.7. The van der Waals surface area contributed by atoms with Gasteiger partial charge in [0, 0.05) is 25.9 Å². The van der Waals surface area contributed by atoms with E-state index in [1.165, 1.54) is 23.0 Å². The summed E-state index contributed by atoms with van der Waals surface area (Å²) in [7, 11) is 1.52. The van der Waals surface area contributed by atoms with E-state index < -0.39 is 11.7 Å². The number of hydrogen-bond donors (Lipinski definition) is 1. The first-order valence-electron chi connectivity index (χ1n) is 8.24. The van der Waals surface area contributed by atoms with Gasteiger partial charge in [-0.25, -0.2) is 9.79 Å². The number of rotatable bonds is 4. The highest BCUT2D eigenvalue weighted by molar-refractivity contribution is 6.68. The standard InChI is InChI=1S/C17H24ClN5O3/c1-10(15(24)20-11-7-8-11)14-21-12(18)9-13(23(14)19-5)22(6)16(25)26-17(2,3)4/h9,11H,5,7-8H2,1-4,6H3,(H,20,24)/b14-10+. The number of allylic oxidation sites excluding steroid dienone is 1. The Labute approximate surface area is 158 Å². The van der Waals surface area contributed by atoms with Gasteiger partial charge in [-0.1, -0.05) is 11.6 Å². The maximum Gasteiger partial charge on any atom is 0.415 e. The van der Waals surface area contributed by atoms with Crippen LogP contribution in [0.2, 0.25) is 0 Å². The molecular weight excluding hydrogens is 358 g/mol. The summed E-state index contributed by atoms with van der Waals surface area (Å²) in [4.78, 5) is 30.2. The van der Waals surface area contributed by atoms with Gasteiger partial charge in [0.25, 0.3) is 5.91 Å². The van der Waals surface area contributed by atoms with Gasteiger partial charge in [0.15, 0.2) is 5.82 Å². The molecule has 1 saturated carbocycles. The average Bonchev–Trinajstić information content (AvgIpc) is 3.34. The molecule has 0 aromatic carbocycles. The Morgan fingerprint density at radius 3 is 2.58 bits per heavy atom. The molecule has 1 aliphatic heterocycles. The van der Waals surface area contributed by atoms with E-state index in [1.54, 1.807) is 27.7 Å². The second-order valence-corrected chi connectivity index (χ2v) is 7.51. The Balaban J connectivity index is 2.32. The number of ether oxygens (including phenoxy) is 1. The second kappa shape index (κ2) is 7.49. The molecule has 0 unspecified atom stereocenters. The van der Waals surface area contributed by atoms with Crippen molar-refractivity contribution in [2.45, 2.75) is 52.2 Å². The fourth-order valence-corrected chi connectivity index (χ4v) is 2.30. The summed E-state index contributed by atoms with van der Waals surface area (Å²) >= 11 is 6.12. The molecule has 0 aromatic rings. The molecule has 2 aliphatic rings. The van der Waals surface area contributed by atoms with Crippen LogP contribution in [0.4, 0.5) is 4.79 Å². The topological polar surface area (TPSA) is 86.6 Å². The quantitative estimate of drug-likeness (QED) is 0.599. The SMILES string of the molecule is C=NN1C(N(C)C(=O)OC(C)(C)C)=CC(Cl)=N/C1=C(/C)C(=O)NC1CC1. The Kier molecular flexibility index (Phi) is 5.75. The van der Waals surface area contributed by atoms with Crippen LogP contribution in [0.15, 0.2) is 33.4 Å². The van der Waals surface area contributed by atoms with Gasteiger partial charge < -0.3 is 10.1 Å². The van der Waals surface area contributed by atoms with E-state index >= 15 is 0 Å². The fourth-order valence-electron chi connectivity index (χ4n) is 2.12. The Hall–Kier alpha value is -2.35. The number of nitrogens with zero attached hydrogens (tertiary/aromatic N) is 4. The van der Waals surface area contributed by atoms with Gasteiger partial charge in [0.05, 0.1) is 5.57 Å². The van der Waals surface area contributed by atoms with Crippen LogP contribution in [-0.2, 0) is 9.53 Å². The molecule has 9 heteroatoms. The Morgan fingerprint density at radius 1 is 1.46 bits per heavy atom. The van der Waals surface area contributed by atoms with Gasteiger partial charge in [0.2, 0.25) is 0 Å².